The molecule has 12 aromatic carbocycles. The predicted octanol–water partition coefficient (Wildman–Crippen LogP) is 19.1. The van der Waals surface area contributed by atoms with Gasteiger partial charge < -0.3 is 9.32 Å². The third-order valence-electron chi connectivity index (χ3n) is 16.5. The molecule has 0 unspecified atom stereocenters. The first-order valence-corrected chi connectivity index (χ1v) is 26.3. The molecule has 2 nitrogen and oxygen atoms in total. The summed E-state index contributed by atoms with van der Waals surface area (Å²) in [6.45, 7) is 0. The molecule has 0 amide bonds. The van der Waals surface area contributed by atoms with Crippen molar-refractivity contribution >= 4 is 39.0 Å². The van der Waals surface area contributed by atoms with Crippen molar-refractivity contribution in [2.24, 2.45) is 0 Å². The smallest absolute Gasteiger partial charge is 0.135 e. The second-order valence-corrected chi connectivity index (χ2v) is 20.3. The van der Waals surface area contributed by atoms with Gasteiger partial charge in [-0.2, -0.15) is 0 Å². The predicted molar refractivity (Wildman–Crippen MR) is 314 cm³/mol. The molecule has 0 bridgehead atoms. The summed E-state index contributed by atoms with van der Waals surface area (Å²) in [5, 5.41) is 2.25. The minimum absolute atomic E-state index is 0.476. The minimum Gasteiger partial charge on any atom is -0.456 e. The molecule has 356 valence electrons. The van der Waals surface area contributed by atoms with Gasteiger partial charge in [0.25, 0.3) is 0 Å². The van der Waals surface area contributed by atoms with Crippen molar-refractivity contribution < 1.29 is 4.42 Å². The van der Waals surface area contributed by atoms with E-state index in [0.29, 0.717) is 0 Å². The van der Waals surface area contributed by atoms with Crippen molar-refractivity contribution in [3.05, 3.63) is 342 Å². The molecular formula is C74H49NO. The summed E-state index contributed by atoms with van der Waals surface area (Å²) < 4.78 is 6.22. The zero-order valence-electron chi connectivity index (χ0n) is 41.6. The fourth-order valence-electron chi connectivity index (χ4n) is 13.2. The minimum atomic E-state index is -0.488. The number of para-hydroxylation sites is 1. The van der Waals surface area contributed by atoms with Gasteiger partial charge in [0.2, 0.25) is 0 Å². The van der Waals surface area contributed by atoms with E-state index in [1.165, 1.54) is 72.3 Å². The Hall–Kier alpha value is -9.76. The van der Waals surface area contributed by atoms with Gasteiger partial charge in [-0.3, -0.25) is 0 Å². The van der Waals surface area contributed by atoms with Gasteiger partial charge in [0.15, 0.2) is 0 Å². The van der Waals surface area contributed by atoms with Crippen molar-refractivity contribution in [3.8, 4) is 44.5 Å². The molecule has 0 atom stereocenters. The lowest BCUT2D eigenvalue weighted by atomic mass is 9.67. The van der Waals surface area contributed by atoms with Crippen LogP contribution in [-0.2, 0) is 10.8 Å². The number of fused-ring (bicyclic) bond motifs is 9. The van der Waals surface area contributed by atoms with Crippen LogP contribution in [0, 0.1) is 0 Å². The first-order valence-electron chi connectivity index (χ1n) is 26.3. The Bertz CT molecular complexity index is 4230. The summed E-state index contributed by atoms with van der Waals surface area (Å²) in [6.07, 6.45) is 0. The lowest BCUT2D eigenvalue weighted by Crippen LogP contribution is -2.28. The van der Waals surface area contributed by atoms with Crippen LogP contribution in [0.15, 0.2) is 302 Å². The Morgan fingerprint density at radius 3 is 1.20 bits per heavy atom. The lowest BCUT2D eigenvalue weighted by molar-refractivity contribution is 0.669. The zero-order chi connectivity index (χ0) is 50.2. The second kappa shape index (κ2) is 17.4. The van der Waals surface area contributed by atoms with Gasteiger partial charge in [0.1, 0.15) is 11.2 Å². The maximum absolute atomic E-state index is 6.22. The van der Waals surface area contributed by atoms with Gasteiger partial charge in [0.05, 0.1) is 10.8 Å². The van der Waals surface area contributed by atoms with Gasteiger partial charge in [0, 0.05) is 27.8 Å². The van der Waals surface area contributed by atoms with Crippen LogP contribution in [0.25, 0.3) is 66.4 Å². The Balaban J connectivity index is 0.879. The molecule has 1 heterocycles. The monoisotopic (exact) mass is 967 g/mol. The second-order valence-electron chi connectivity index (χ2n) is 20.3. The SMILES string of the molecule is c1ccc(C2(c3ccccc3)c3ccccc3-c3cc(N(c4ccc(-c5ccc6c(c5)C(c5ccccc5)(c5ccccc5)c5ccccc5-6)cc4)c4ccc(-c5ccc6oc7ccccc7c6c5)cc4)ccc32)cc1. The highest BCUT2D eigenvalue weighted by Crippen LogP contribution is 2.59. The van der Waals surface area contributed by atoms with Crippen LogP contribution in [0.5, 0.6) is 0 Å². The lowest BCUT2D eigenvalue weighted by Gasteiger charge is -2.34. The standard InChI is InChI=1S/C74H49NO/c1-5-19-54(20-6-1)73(55-21-7-2-8-22-55)68-31-17-14-28-62(68)65-49-60(43-45-69(65)73)75(58-39-33-50(34-40-58)52-38-46-72-66(47-52)64-29-15-18-32-71(64)76-72)59-41-35-51(36-42-59)53-37-44-63-61-27-13-16-30-67(61)74(70(63)48-53,56-23-9-3-10-24-56)57-25-11-4-12-26-57/h1-49H. The molecule has 0 N–H and O–H groups in total. The molecule has 0 saturated heterocycles. The van der Waals surface area contributed by atoms with Gasteiger partial charge in [-0.1, -0.05) is 237 Å². The van der Waals surface area contributed by atoms with Crippen molar-refractivity contribution in [1.82, 2.24) is 0 Å². The average Bonchev–Trinajstić information content (AvgIpc) is 4.31. The molecule has 0 radical (unpaired) electrons. The molecule has 0 aliphatic heterocycles. The number of hydrogen-bond donors (Lipinski definition) is 0. The van der Waals surface area contributed by atoms with E-state index >= 15 is 0 Å². The van der Waals surface area contributed by atoms with Gasteiger partial charge >= 0.3 is 0 Å². The van der Waals surface area contributed by atoms with Crippen LogP contribution in [-0.4, -0.2) is 0 Å². The molecule has 0 saturated carbocycles. The molecule has 76 heavy (non-hydrogen) atoms. The van der Waals surface area contributed by atoms with Gasteiger partial charge in [-0.25, -0.2) is 0 Å². The van der Waals surface area contributed by atoms with Crippen molar-refractivity contribution in [3.63, 3.8) is 0 Å². The normalized spacial score (nSPS) is 13.5. The van der Waals surface area contributed by atoms with Crippen LogP contribution in [0.3, 0.4) is 0 Å². The number of nitrogens with zero attached hydrogens (tertiary/aromatic N) is 1. The van der Waals surface area contributed by atoms with Crippen molar-refractivity contribution in [1.29, 1.82) is 0 Å². The summed E-state index contributed by atoms with van der Waals surface area (Å²) in [6, 6.07) is 109. The summed E-state index contributed by atoms with van der Waals surface area (Å²) in [4.78, 5) is 2.42. The largest absolute Gasteiger partial charge is 0.456 e. The van der Waals surface area contributed by atoms with E-state index in [2.05, 4.69) is 290 Å². The van der Waals surface area contributed by atoms with E-state index in [9.17, 15) is 0 Å². The Morgan fingerprint density at radius 1 is 0.237 bits per heavy atom. The maximum atomic E-state index is 6.22. The summed E-state index contributed by atoms with van der Waals surface area (Å²) in [5.74, 6) is 0. The van der Waals surface area contributed by atoms with Gasteiger partial charge in [-0.15, -0.1) is 0 Å². The first-order chi connectivity index (χ1) is 37.7. The molecule has 2 aliphatic rings. The number of furan rings is 1. The third-order valence-corrected chi connectivity index (χ3v) is 16.5. The van der Waals surface area contributed by atoms with Crippen molar-refractivity contribution in [2.45, 2.75) is 10.8 Å². The van der Waals surface area contributed by atoms with E-state index in [-0.39, 0.29) is 0 Å². The van der Waals surface area contributed by atoms with E-state index < -0.39 is 10.8 Å². The summed E-state index contributed by atoms with van der Waals surface area (Å²) >= 11 is 0. The highest BCUT2D eigenvalue weighted by molar-refractivity contribution is 6.06. The number of benzene rings is 12. The molecular weight excluding hydrogens is 919 g/mol. The topological polar surface area (TPSA) is 16.4 Å². The average molecular weight is 968 g/mol. The number of hydrogen-bond acceptors (Lipinski definition) is 2. The molecule has 13 aromatic rings. The summed E-state index contributed by atoms with van der Waals surface area (Å²) in [7, 11) is 0. The molecule has 2 aliphatic carbocycles. The van der Waals surface area contributed by atoms with Crippen LogP contribution in [0.2, 0.25) is 0 Å². The fraction of sp³-hybridized carbons (Fsp3) is 0.0270. The van der Waals surface area contributed by atoms with E-state index in [1.54, 1.807) is 0 Å². The number of anilines is 3. The van der Waals surface area contributed by atoms with E-state index in [0.717, 1.165) is 55.7 Å². The molecule has 0 spiro atoms. The quantitative estimate of drug-likeness (QED) is 0.143. The van der Waals surface area contributed by atoms with E-state index in [4.69, 9.17) is 4.42 Å². The maximum Gasteiger partial charge on any atom is 0.135 e. The van der Waals surface area contributed by atoms with Gasteiger partial charge in [-0.05, 0) is 150 Å². The molecule has 1 aromatic heterocycles. The Kier molecular flexibility index (Phi) is 10.0. The molecule has 2 heteroatoms. The van der Waals surface area contributed by atoms with Crippen LogP contribution in [0.4, 0.5) is 17.1 Å². The molecule has 15 rings (SSSR count). The number of rotatable bonds is 9. The highest BCUT2D eigenvalue weighted by atomic mass is 16.3. The Labute approximate surface area is 443 Å². The zero-order valence-corrected chi connectivity index (χ0v) is 41.6. The van der Waals surface area contributed by atoms with Crippen LogP contribution < -0.4 is 4.90 Å². The highest BCUT2D eigenvalue weighted by Gasteiger charge is 2.47. The Morgan fingerprint density at radius 2 is 0.632 bits per heavy atom. The molecule has 0 fully saturated rings. The van der Waals surface area contributed by atoms with Crippen LogP contribution >= 0.6 is 0 Å². The van der Waals surface area contributed by atoms with Crippen LogP contribution in [0.1, 0.15) is 44.5 Å². The fourth-order valence-corrected chi connectivity index (χ4v) is 13.2. The third kappa shape index (κ3) is 6.54. The van der Waals surface area contributed by atoms with E-state index in [1.807, 2.05) is 12.1 Å². The summed E-state index contributed by atoms with van der Waals surface area (Å²) in [5.41, 5.74) is 24.0. The van der Waals surface area contributed by atoms with Crippen molar-refractivity contribution in [2.75, 3.05) is 4.90 Å². The first kappa shape index (κ1) is 43.8.